The number of ether oxygens (including phenoxy) is 1. The Morgan fingerprint density at radius 2 is 2.20 bits per heavy atom. The predicted molar refractivity (Wildman–Crippen MR) is 98.5 cm³/mol. The molecule has 0 unspecified atom stereocenters. The molecule has 5 nitrogen and oxygen atoms in total. The van der Waals surface area contributed by atoms with Crippen molar-refractivity contribution in [1.82, 2.24) is 10.6 Å². The third-order valence-electron chi connectivity index (χ3n) is 6.16. The van der Waals surface area contributed by atoms with Gasteiger partial charge in [-0.05, 0) is 50.8 Å². The molecule has 5 heteroatoms. The number of hydrogen-bond donors (Lipinski definition) is 3. The molecule has 1 aliphatic heterocycles. The fourth-order valence-electron chi connectivity index (χ4n) is 4.93. The van der Waals surface area contributed by atoms with Gasteiger partial charge in [-0.25, -0.2) is 4.79 Å². The minimum atomic E-state index is -0.0520. The monoisotopic (exact) mass is 343 g/mol. The van der Waals surface area contributed by atoms with Crippen molar-refractivity contribution < 1.29 is 9.53 Å². The van der Waals surface area contributed by atoms with Crippen LogP contribution in [-0.4, -0.2) is 30.8 Å². The molecular formula is C20H29N3O2. The van der Waals surface area contributed by atoms with Crippen LogP contribution in [0.1, 0.15) is 45.1 Å². The average molecular weight is 343 g/mol. The molecule has 1 spiro atoms. The largest absolute Gasteiger partial charge is 0.383 e. The number of hydrogen-bond acceptors (Lipinski definition) is 3. The van der Waals surface area contributed by atoms with Crippen LogP contribution >= 0.6 is 0 Å². The Bertz CT molecular complexity index is 642. The van der Waals surface area contributed by atoms with E-state index in [-0.39, 0.29) is 11.4 Å². The molecule has 2 saturated carbocycles. The van der Waals surface area contributed by atoms with E-state index >= 15 is 0 Å². The van der Waals surface area contributed by atoms with E-state index < -0.39 is 0 Å². The fourth-order valence-corrected chi connectivity index (χ4v) is 4.93. The zero-order valence-corrected chi connectivity index (χ0v) is 15.2. The summed E-state index contributed by atoms with van der Waals surface area (Å²) >= 11 is 0. The summed E-state index contributed by atoms with van der Waals surface area (Å²) in [6.45, 7) is 5.64. The topological polar surface area (TPSA) is 62.4 Å². The van der Waals surface area contributed by atoms with Crippen LogP contribution in [0.4, 0.5) is 10.5 Å². The van der Waals surface area contributed by atoms with Crippen molar-refractivity contribution >= 4 is 11.7 Å². The number of carbonyl (C=O) groups excluding carboxylic acids is 1. The molecule has 0 bridgehead atoms. The number of rotatable bonds is 5. The van der Waals surface area contributed by atoms with E-state index in [2.05, 4.69) is 41.9 Å². The normalized spacial score (nSPS) is 28.8. The molecule has 3 atom stereocenters. The number of urea groups is 1. The SMILES string of the molecule is CC(C)Nc1cccc(CNC(=O)N[C@@H]2[C@@H]3CCO[C@H]3C23CCC3)c1. The first-order valence-corrected chi connectivity index (χ1v) is 9.60. The van der Waals surface area contributed by atoms with Gasteiger partial charge in [0.15, 0.2) is 0 Å². The summed E-state index contributed by atoms with van der Waals surface area (Å²) < 4.78 is 5.92. The van der Waals surface area contributed by atoms with E-state index in [1.807, 2.05) is 12.1 Å². The maximum atomic E-state index is 12.4. The molecule has 25 heavy (non-hydrogen) atoms. The molecular weight excluding hydrogens is 314 g/mol. The third kappa shape index (κ3) is 2.99. The predicted octanol–water partition coefficient (Wildman–Crippen LogP) is 3.26. The summed E-state index contributed by atoms with van der Waals surface area (Å²) in [7, 11) is 0. The number of amides is 2. The molecule has 136 valence electrons. The maximum Gasteiger partial charge on any atom is 0.315 e. The van der Waals surface area contributed by atoms with Crippen LogP contribution in [0.3, 0.4) is 0 Å². The molecule has 0 aromatic heterocycles. The molecule has 3 aliphatic rings. The van der Waals surface area contributed by atoms with Crippen LogP contribution in [0.15, 0.2) is 24.3 Å². The Morgan fingerprint density at radius 1 is 1.36 bits per heavy atom. The highest BCUT2D eigenvalue weighted by atomic mass is 16.5. The van der Waals surface area contributed by atoms with Crippen molar-refractivity contribution in [1.29, 1.82) is 0 Å². The lowest BCUT2D eigenvalue weighted by Gasteiger charge is -2.63. The van der Waals surface area contributed by atoms with Gasteiger partial charge in [-0.1, -0.05) is 18.6 Å². The lowest BCUT2D eigenvalue weighted by atomic mass is 9.46. The minimum Gasteiger partial charge on any atom is -0.383 e. The highest BCUT2D eigenvalue weighted by molar-refractivity contribution is 5.74. The first kappa shape index (κ1) is 16.7. The molecule has 3 fully saturated rings. The summed E-state index contributed by atoms with van der Waals surface area (Å²) in [5, 5.41) is 9.67. The van der Waals surface area contributed by atoms with Crippen LogP contribution in [0, 0.1) is 11.3 Å². The van der Waals surface area contributed by atoms with Gasteiger partial charge < -0.3 is 20.7 Å². The molecule has 1 aromatic carbocycles. The standard InChI is InChI=1S/C20H29N3O2/c1-13(2)22-15-6-3-5-14(11-15)12-21-19(24)23-17-16-7-10-25-18(16)20(17)8-4-9-20/h3,5-6,11,13,16-18,22H,4,7-10,12H2,1-2H3,(H2,21,23,24)/t16-,17+,18+/m0/s1. The summed E-state index contributed by atoms with van der Waals surface area (Å²) in [5.74, 6) is 0.518. The van der Waals surface area contributed by atoms with Crippen molar-refractivity contribution in [3.8, 4) is 0 Å². The van der Waals surface area contributed by atoms with Gasteiger partial charge in [-0.2, -0.15) is 0 Å². The van der Waals surface area contributed by atoms with E-state index in [0.29, 0.717) is 30.7 Å². The molecule has 1 aromatic rings. The molecule has 1 heterocycles. The molecule has 2 aliphatic carbocycles. The van der Waals surface area contributed by atoms with Crippen LogP contribution < -0.4 is 16.0 Å². The second-order valence-corrected chi connectivity index (χ2v) is 8.13. The average Bonchev–Trinajstić information content (AvgIpc) is 2.94. The minimum absolute atomic E-state index is 0.0520. The van der Waals surface area contributed by atoms with E-state index in [0.717, 1.165) is 24.3 Å². The summed E-state index contributed by atoms with van der Waals surface area (Å²) in [4.78, 5) is 12.4. The van der Waals surface area contributed by atoms with E-state index in [1.165, 1.54) is 19.3 Å². The van der Waals surface area contributed by atoms with Gasteiger partial charge >= 0.3 is 6.03 Å². The number of benzene rings is 1. The van der Waals surface area contributed by atoms with E-state index in [9.17, 15) is 4.79 Å². The third-order valence-corrected chi connectivity index (χ3v) is 6.16. The van der Waals surface area contributed by atoms with Crippen LogP contribution in [-0.2, 0) is 11.3 Å². The van der Waals surface area contributed by atoms with Gasteiger partial charge in [0.25, 0.3) is 0 Å². The van der Waals surface area contributed by atoms with Crippen LogP contribution in [0.25, 0.3) is 0 Å². The van der Waals surface area contributed by atoms with E-state index in [4.69, 9.17) is 4.74 Å². The number of nitrogens with one attached hydrogen (secondary N) is 3. The second-order valence-electron chi connectivity index (χ2n) is 8.13. The highest BCUT2D eigenvalue weighted by Crippen LogP contribution is 2.62. The van der Waals surface area contributed by atoms with Gasteiger partial charge in [0.2, 0.25) is 0 Å². The Balaban J connectivity index is 1.31. The fraction of sp³-hybridized carbons (Fsp3) is 0.650. The number of anilines is 1. The number of carbonyl (C=O) groups is 1. The van der Waals surface area contributed by atoms with Crippen molar-refractivity contribution in [2.24, 2.45) is 11.3 Å². The van der Waals surface area contributed by atoms with Crippen molar-refractivity contribution in [3.63, 3.8) is 0 Å². The summed E-state index contributed by atoms with van der Waals surface area (Å²) in [6.07, 6.45) is 5.14. The first-order chi connectivity index (χ1) is 12.1. The highest BCUT2D eigenvalue weighted by Gasteiger charge is 2.66. The van der Waals surface area contributed by atoms with Crippen LogP contribution in [0.2, 0.25) is 0 Å². The quantitative estimate of drug-likeness (QED) is 0.769. The Labute approximate surface area is 149 Å². The van der Waals surface area contributed by atoms with Crippen LogP contribution in [0.5, 0.6) is 0 Å². The smallest absolute Gasteiger partial charge is 0.315 e. The molecule has 1 saturated heterocycles. The maximum absolute atomic E-state index is 12.4. The van der Waals surface area contributed by atoms with Crippen molar-refractivity contribution in [3.05, 3.63) is 29.8 Å². The Morgan fingerprint density at radius 3 is 2.92 bits per heavy atom. The molecule has 3 N–H and O–H groups in total. The summed E-state index contributed by atoms with van der Waals surface area (Å²) in [5.41, 5.74) is 2.43. The van der Waals surface area contributed by atoms with Gasteiger partial charge in [0.05, 0.1) is 6.10 Å². The number of fused-ring (bicyclic) bond motifs is 2. The lowest BCUT2D eigenvalue weighted by Crippen LogP contribution is -2.72. The zero-order chi connectivity index (χ0) is 17.4. The van der Waals surface area contributed by atoms with Gasteiger partial charge in [0.1, 0.15) is 0 Å². The molecule has 2 amide bonds. The van der Waals surface area contributed by atoms with Gasteiger partial charge in [-0.15, -0.1) is 0 Å². The second kappa shape index (κ2) is 6.52. The van der Waals surface area contributed by atoms with Crippen molar-refractivity contribution in [2.75, 3.05) is 11.9 Å². The van der Waals surface area contributed by atoms with Gasteiger partial charge in [-0.3, -0.25) is 0 Å². The van der Waals surface area contributed by atoms with E-state index in [1.54, 1.807) is 0 Å². The molecule has 0 radical (unpaired) electrons. The Hall–Kier alpha value is -1.75. The molecule has 4 rings (SSSR count). The Kier molecular flexibility index (Phi) is 4.36. The first-order valence-electron chi connectivity index (χ1n) is 9.60. The van der Waals surface area contributed by atoms with Gasteiger partial charge in [0, 0.05) is 42.3 Å². The zero-order valence-electron chi connectivity index (χ0n) is 15.2. The summed E-state index contributed by atoms with van der Waals surface area (Å²) in [6, 6.07) is 8.85. The lowest BCUT2D eigenvalue weighted by molar-refractivity contribution is -0.172. The van der Waals surface area contributed by atoms with Crippen molar-refractivity contribution in [2.45, 2.75) is 64.3 Å².